The van der Waals surface area contributed by atoms with E-state index in [0.717, 1.165) is 54.1 Å². The summed E-state index contributed by atoms with van der Waals surface area (Å²) in [5.74, 6) is 1.49. The van der Waals surface area contributed by atoms with Crippen molar-refractivity contribution >= 4 is 22.9 Å². The Kier molecular flexibility index (Phi) is 5.04. The minimum absolute atomic E-state index is 0.141. The number of aromatic nitrogens is 5. The number of hydrogen-bond donors (Lipinski definition) is 1. The molecule has 29 heavy (non-hydrogen) atoms. The maximum Gasteiger partial charge on any atom is 0.220 e. The summed E-state index contributed by atoms with van der Waals surface area (Å²) in [6.45, 7) is 5.53. The molecule has 3 aromatic heterocycles. The van der Waals surface area contributed by atoms with E-state index in [-0.39, 0.29) is 11.9 Å². The molecule has 0 bridgehead atoms. The average molecular weight is 395 g/mol. The van der Waals surface area contributed by atoms with E-state index in [1.165, 1.54) is 0 Å². The molecule has 1 fully saturated rings. The molecule has 0 aromatic carbocycles. The van der Waals surface area contributed by atoms with Crippen molar-refractivity contribution in [3.8, 4) is 5.75 Å². The summed E-state index contributed by atoms with van der Waals surface area (Å²) < 4.78 is 7.45. The maximum absolute atomic E-state index is 11.5. The molecule has 4 heterocycles. The summed E-state index contributed by atoms with van der Waals surface area (Å²) in [7, 11) is 1.65. The summed E-state index contributed by atoms with van der Waals surface area (Å²) in [5.41, 5.74) is 9.99. The smallest absolute Gasteiger partial charge is 0.220 e. The van der Waals surface area contributed by atoms with Crippen LogP contribution in [0.1, 0.15) is 42.6 Å². The van der Waals surface area contributed by atoms with Gasteiger partial charge in [0.15, 0.2) is 0 Å². The SMILES string of the molecule is COc1cc(C2CCN(C(C)=O)CC2)cnc1Cn1ncc2nc(N)nc(C)c21. The number of anilines is 1. The number of pyridine rings is 1. The highest BCUT2D eigenvalue weighted by atomic mass is 16.5. The molecule has 0 saturated carbocycles. The van der Waals surface area contributed by atoms with Gasteiger partial charge in [0.1, 0.15) is 22.5 Å². The van der Waals surface area contributed by atoms with Crippen LogP contribution in [0.15, 0.2) is 18.5 Å². The number of rotatable bonds is 4. The van der Waals surface area contributed by atoms with E-state index in [2.05, 4.69) is 26.1 Å². The zero-order valence-corrected chi connectivity index (χ0v) is 16.9. The highest BCUT2D eigenvalue weighted by Gasteiger charge is 2.23. The Hall–Kier alpha value is -3.23. The largest absolute Gasteiger partial charge is 0.495 e. The second kappa shape index (κ2) is 7.65. The van der Waals surface area contributed by atoms with Crippen LogP contribution in [0.3, 0.4) is 0 Å². The van der Waals surface area contributed by atoms with Crippen LogP contribution in [-0.2, 0) is 11.3 Å². The molecular weight excluding hydrogens is 370 g/mol. The van der Waals surface area contributed by atoms with E-state index in [1.54, 1.807) is 20.2 Å². The molecule has 9 heteroatoms. The van der Waals surface area contributed by atoms with Gasteiger partial charge in [-0.2, -0.15) is 5.10 Å². The van der Waals surface area contributed by atoms with Gasteiger partial charge in [-0.25, -0.2) is 9.97 Å². The Morgan fingerprint density at radius 3 is 2.72 bits per heavy atom. The predicted octanol–water partition coefficient (Wildman–Crippen LogP) is 1.89. The number of carbonyl (C=O) groups is 1. The van der Waals surface area contributed by atoms with Gasteiger partial charge >= 0.3 is 0 Å². The number of nitrogens with zero attached hydrogens (tertiary/aromatic N) is 6. The van der Waals surface area contributed by atoms with Gasteiger partial charge < -0.3 is 15.4 Å². The van der Waals surface area contributed by atoms with Gasteiger partial charge in [0.25, 0.3) is 0 Å². The number of aryl methyl sites for hydroxylation is 1. The number of ether oxygens (including phenoxy) is 1. The van der Waals surface area contributed by atoms with Gasteiger partial charge in [-0.15, -0.1) is 0 Å². The third kappa shape index (κ3) is 3.72. The fourth-order valence-corrected chi connectivity index (χ4v) is 4.00. The van der Waals surface area contributed by atoms with Gasteiger partial charge in [0.05, 0.1) is 25.5 Å². The topological polar surface area (TPSA) is 112 Å². The van der Waals surface area contributed by atoms with E-state index < -0.39 is 0 Å². The Morgan fingerprint density at radius 2 is 2.03 bits per heavy atom. The van der Waals surface area contributed by atoms with Gasteiger partial charge in [-0.05, 0) is 37.3 Å². The average Bonchev–Trinajstić information content (AvgIpc) is 3.11. The van der Waals surface area contributed by atoms with Crippen molar-refractivity contribution < 1.29 is 9.53 Å². The van der Waals surface area contributed by atoms with Crippen LogP contribution in [0.4, 0.5) is 5.95 Å². The molecule has 2 N–H and O–H groups in total. The van der Waals surface area contributed by atoms with Gasteiger partial charge in [-0.3, -0.25) is 14.5 Å². The predicted molar refractivity (Wildman–Crippen MR) is 109 cm³/mol. The van der Waals surface area contributed by atoms with Crippen molar-refractivity contribution in [3.63, 3.8) is 0 Å². The van der Waals surface area contributed by atoms with Crippen LogP contribution in [0.5, 0.6) is 5.75 Å². The number of methoxy groups -OCH3 is 1. The van der Waals surface area contributed by atoms with Crippen molar-refractivity contribution in [2.24, 2.45) is 0 Å². The van der Waals surface area contributed by atoms with Crippen molar-refractivity contribution in [1.29, 1.82) is 0 Å². The number of nitrogen functional groups attached to an aromatic ring is 1. The van der Waals surface area contributed by atoms with E-state index in [9.17, 15) is 4.79 Å². The summed E-state index contributed by atoms with van der Waals surface area (Å²) in [4.78, 5) is 26.6. The molecule has 1 amide bonds. The lowest BCUT2D eigenvalue weighted by molar-refractivity contribution is -0.129. The highest BCUT2D eigenvalue weighted by Crippen LogP contribution is 2.31. The zero-order chi connectivity index (χ0) is 20.5. The molecular formula is C20H25N7O2. The first-order chi connectivity index (χ1) is 14.0. The zero-order valence-electron chi connectivity index (χ0n) is 16.9. The number of carbonyl (C=O) groups excluding carboxylic acids is 1. The van der Waals surface area contributed by atoms with Gasteiger partial charge in [0, 0.05) is 26.2 Å². The van der Waals surface area contributed by atoms with Crippen LogP contribution < -0.4 is 10.5 Å². The third-order valence-electron chi connectivity index (χ3n) is 5.56. The number of fused-ring (bicyclic) bond motifs is 1. The summed E-state index contributed by atoms with van der Waals surface area (Å²) in [6.07, 6.45) is 5.47. The standard InChI is InChI=1S/C20H25N7O2/c1-12-19-16(25-20(21)24-12)10-23-27(19)11-17-18(29-3)8-15(9-22-17)14-4-6-26(7-5-14)13(2)28/h8-10,14H,4-7,11H2,1-3H3,(H2,21,24,25). The summed E-state index contributed by atoms with van der Waals surface area (Å²) >= 11 is 0. The normalized spacial score (nSPS) is 15.1. The first kappa shape index (κ1) is 19.1. The third-order valence-corrected chi connectivity index (χ3v) is 5.56. The van der Waals surface area contributed by atoms with Crippen LogP contribution in [0.2, 0.25) is 0 Å². The first-order valence-electron chi connectivity index (χ1n) is 9.70. The Balaban J connectivity index is 1.57. The van der Waals surface area contributed by atoms with E-state index in [1.807, 2.05) is 22.7 Å². The summed E-state index contributed by atoms with van der Waals surface area (Å²) in [6, 6.07) is 2.06. The quantitative estimate of drug-likeness (QED) is 0.718. The lowest BCUT2D eigenvalue weighted by atomic mass is 9.90. The Morgan fingerprint density at radius 1 is 1.28 bits per heavy atom. The first-order valence-corrected chi connectivity index (χ1v) is 9.70. The molecule has 0 atom stereocenters. The molecule has 152 valence electrons. The second-order valence-corrected chi connectivity index (χ2v) is 7.40. The molecule has 3 aromatic rings. The van der Waals surface area contributed by atoms with Crippen LogP contribution in [0.25, 0.3) is 11.0 Å². The number of nitrogens with two attached hydrogens (primary N) is 1. The minimum Gasteiger partial charge on any atom is -0.495 e. The highest BCUT2D eigenvalue weighted by molar-refractivity contribution is 5.77. The second-order valence-electron chi connectivity index (χ2n) is 7.40. The fraction of sp³-hybridized carbons (Fsp3) is 0.450. The maximum atomic E-state index is 11.5. The Bertz CT molecular complexity index is 1050. The van der Waals surface area contributed by atoms with Crippen LogP contribution in [0, 0.1) is 6.92 Å². The molecule has 9 nitrogen and oxygen atoms in total. The van der Waals surface area contributed by atoms with E-state index in [4.69, 9.17) is 10.5 Å². The fourth-order valence-electron chi connectivity index (χ4n) is 4.00. The van der Waals surface area contributed by atoms with Crippen LogP contribution in [-0.4, -0.2) is 55.7 Å². The van der Waals surface area contributed by atoms with Crippen molar-refractivity contribution in [2.75, 3.05) is 25.9 Å². The molecule has 0 aliphatic carbocycles. The monoisotopic (exact) mass is 395 g/mol. The lowest BCUT2D eigenvalue weighted by Gasteiger charge is -2.31. The molecule has 0 spiro atoms. The van der Waals surface area contributed by atoms with Crippen molar-refractivity contribution in [2.45, 2.75) is 39.2 Å². The number of piperidine rings is 1. The molecule has 1 aliphatic heterocycles. The van der Waals surface area contributed by atoms with E-state index in [0.29, 0.717) is 18.0 Å². The minimum atomic E-state index is 0.141. The van der Waals surface area contributed by atoms with Gasteiger partial charge in [0.2, 0.25) is 11.9 Å². The number of amides is 1. The van der Waals surface area contributed by atoms with Crippen molar-refractivity contribution in [1.82, 2.24) is 29.6 Å². The Labute approximate surface area is 168 Å². The molecule has 0 radical (unpaired) electrons. The van der Waals surface area contributed by atoms with Gasteiger partial charge in [-0.1, -0.05) is 0 Å². The molecule has 4 rings (SSSR count). The molecule has 0 unspecified atom stereocenters. The molecule has 1 aliphatic rings. The summed E-state index contributed by atoms with van der Waals surface area (Å²) in [5, 5.41) is 4.43. The van der Waals surface area contributed by atoms with Crippen LogP contribution >= 0.6 is 0 Å². The number of hydrogen-bond acceptors (Lipinski definition) is 7. The lowest BCUT2D eigenvalue weighted by Crippen LogP contribution is -2.36. The number of likely N-dealkylation sites (tertiary alicyclic amines) is 1. The van der Waals surface area contributed by atoms with Crippen molar-refractivity contribution in [3.05, 3.63) is 35.4 Å². The molecule has 1 saturated heterocycles. The van der Waals surface area contributed by atoms with E-state index >= 15 is 0 Å².